The summed E-state index contributed by atoms with van der Waals surface area (Å²) in [6.07, 6.45) is 0. The summed E-state index contributed by atoms with van der Waals surface area (Å²) in [6.45, 7) is 0. The molecule has 2 aromatic heterocycles. The minimum absolute atomic E-state index is 0.472. The van der Waals surface area contributed by atoms with Gasteiger partial charge in [-0.25, -0.2) is 19.9 Å². The van der Waals surface area contributed by atoms with Gasteiger partial charge in [0, 0.05) is 21.9 Å². The Morgan fingerprint density at radius 2 is 0.482 bits per heavy atom. The number of hydrogen-bond donors (Lipinski definition) is 0. The van der Waals surface area contributed by atoms with Gasteiger partial charge < -0.3 is 0 Å². The first kappa shape index (κ1) is 33.0. The van der Waals surface area contributed by atoms with Crippen LogP contribution < -0.4 is 0 Å². The number of nitrogens with zero attached hydrogens (tertiary/aromatic N) is 4. The summed E-state index contributed by atoms with van der Waals surface area (Å²) in [6, 6.07) is 71.9. The van der Waals surface area contributed by atoms with Gasteiger partial charge in [0.15, 0.2) is 11.6 Å². The van der Waals surface area contributed by atoms with Crippen LogP contribution in [0, 0.1) is 0 Å². The molecule has 0 amide bonds. The Morgan fingerprint density at radius 3 is 0.804 bits per heavy atom. The SMILES string of the molecule is c1ccc(-c2cc(-c3ccccc3)cc(-c3nc(-c4nc(-c5cc(-c6ccccc6)cc(-c6ccccc6)c5)c5ccccc5n4)nc4ccccc34)c2)cc1. The van der Waals surface area contributed by atoms with E-state index in [-0.39, 0.29) is 0 Å². The van der Waals surface area contributed by atoms with Crippen LogP contribution in [0.25, 0.3) is 100 Å². The lowest BCUT2D eigenvalue weighted by molar-refractivity contribution is 1.13. The molecular weight excluding hydrogens is 681 g/mol. The molecule has 0 fully saturated rings. The summed E-state index contributed by atoms with van der Waals surface area (Å²) in [7, 11) is 0. The van der Waals surface area contributed by atoms with Gasteiger partial charge >= 0.3 is 0 Å². The predicted octanol–water partition coefficient (Wildman–Crippen LogP) is 13.2. The summed E-state index contributed by atoms with van der Waals surface area (Å²) < 4.78 is 0. The van der Waals surface area contributed by atoms with E-state index in [2.05, 4.69) is 146 Å². The second-order valence-corrected chi connectivity index (χ2v) is 13.9. The van der Waals surface area contributed by atoms with E-state index in [1.807, 2.05) is 60.7 Å². The maximum Gasteiger partial charge on any atom is 0.198 e. The van der Waals surface area contributed by atoms with E-state index in [9.17, 15) is 0 Å². The third-order valence-corrected chi connectivity index (χ3v) is 10.2. The van der Waals surface area contributed by atoms with E-state index in [4.69, 9.17) is 19.9 Å². The second-order valence-electron chi connectivity index (χ2n) is 13.9. The zero-order valence-corrected chi connectivity index (χ0v) is 30.4. The normalized spacial score (nSPS) is 11.2. The maximum atomic E-state index is 5.35. The average molecular weight is 715 g/mol. The molecule has 4 heteroatoms. The molecule has 0 aliphatic carbocycles. The molecule has 0 spiro atoms. The Morgan fingerprint density at radius 1 is 0.214 bits per heavy atom. The van der Waals surface area contributed by atoms with Crippen molar-refractivity contribution in [1.29, 1.82) is 0 Å². The molecule has 4 nitrogen and oxygen atoms in total. The van der Waals surface area contributed by atoms with Crippen LogP contribution in [0.5, 0.6) is 0 Å². The van der Waals surface area contributed by atoms with Crippen LogP contribution in [0.4, 0.5) is 0 Å². The second kappa shape index (κ2) is 14.3. The minimum Gasteiger partial charge on any atom is -0.225 e. The Balaban J connectivity index is 1.20. The van der Waals surface area contributed by atoms with Crippen LogP contribution in [0.1, 0.15) is 0 Å². The van der Waals surface area contributed by atoms with Crippen molar-refractivity contribution in [2.75, 3.05) is 0 Å². The lowest BCUT2D eigenvalue weighted by atomic mass is 9.94. The highest BCUT2D eigenvalue weighted by Gasteiger charge is 2.19. The van der Waals surface area contributed by atoms with Crippen LogP contribution in [-0.2, 0) is 0 Å². The topological polar surface area (TPSA) is 51.6 Å². The van der Waals surface area contributed by atoms with Gasteiger partial charge in [-0.05, 0) is 93.0 Å². The van der Waals surface area contributed by atoms with Crippen molar-refractivity contribution in [1.82, 2.24) is 19.9 Å². The molecule has 0 saturated heterocycles. The molecule has 0 N–H and O–H groups in total. The largest absolute Gasteiger partial charge is 0.225 e. The smallest absolute Gasteiger partial charge is 0.198 e. The van der Waals surface area contributed by atoms with E-state index >= 15 is 0 Å². The first-order valence-electron chi connectivity index (χ1n) is 18.8. The number of hydrogen-bond acceptors (Lipinski definition) is 4. The summed E-state index contributed by atoms with van der Waals surface area (Å²) in [5.41, 5.74) is 14.3. The van der Waals surface area contributed by atoms with Crippen molar-refractivity contribution < 1.29 is 0 Å². The zero-order chi connectivity index (χ0) is 37.3. The standard InChI is InChI=1S/C52H34N4/c1-5-17-35(18-6-1)39-29-40(36-19-7-2-8-20-36)32-43(31-39)49-45-25-13-15-27-47(45)53-51(55-49)52-54-48-28-16-14-26-46(48)50(56-52)44-33-41(37-21-9-3-10-22-37)30-42(34-44)38-23-11-4-12-24-38/h1-34H. The van der Waals surface area contributed by atoms with E-state index in [1.54, 1.807) is 0 Å². The summed E-state index contributed by atoms with van der Waals surface area (Å²) in [4.78, 5) is 21.0. The van der Waals surface area contributed by atoms with E-state index in [0.29, 0.717) is 11.6 Å². The van der Waals surface area contributed by atoms with Gasteiger partial charge in [-0.2, -0.15) is 0 Å². The van der Waals surface area contributed by atoms with Crippen molar-refractivity contribution in [3.8, 4) is 78.7 Å². The van der Waals surface area contributed by atoms with Gasteiger partial charge in [-0.1, -0.05) is 158 Å². The quantitative estimate of drug-likeness (QED) is 0.165. The fraction of sp³-hybridized carbons (Fsp3) is 0. The van der Waals surface area contributed by atoms with Gasteiger partial charge in [-0.3, -0.25) is 0 Å². The Bertz CT molecular complexity index is 2680. The van der Waals surface area contributed by atoms with Crippen LogP contribution >= 0.6 is 0 Å². The van der Waals surface area contributed by atoms with Gasteiger partial charge in [-0.15, -0.1) is 0 Å². The Kier molecular flexibility index (Phi) is 8.47. The number of aromatic nitrogens is 4. The van der Waals surface area contributed by atoms with Gasteiger partial charge in [0.1, 0.15) is 0 Å². The summed E-state index contributed by atoms with van der Waals surface area (Å²) >= 11 is 0. The molecular formula is C52H34N4. The maximum absolute atomic E-state index is 5.35. The molecule has 0 aliphatic rings. The molecule has 10 rings (SSSR count). The first-order valence-corrected chi connectivity index (χ1v) is 18.8. The van der Waals surface area contributed by atoms with E-state index < -0.39 is 0 Å². The summed E-state index contributed by atoms with van der Waals surface area (Å²) in [5, 5.41) is 1.93. The molecule has 262 valence electrons. The molecule has 0 aliphatic heterocycles. The molecule has 0 saturated carbocycles. The van der Waals surface area contributed by atoms with Gasteiger partial charge in [0.25, 0.3) is 0 Å². The zero-order valence-electron chi connectivity index (χ0n) is 30.4. The molecule has 0 radical (unpaired) electrons. The molecule has 8 aromatic carbocycles. The molecule has 0 bridgehead atoms. The highest BCUT2D eigenvalue weighted by Crippen LogP contribution is 2.38. The van der Waals surface area contributed by atoms with Crippen molar-refractivity contribution >= 4 is 21.8 Å². The average Bonchev–Trinajstić information content (AvgIpc) is 3.29. The highest BCUT2D eigenvalue weighted by molar-refractivity contribution is 5.98. The lowest BCUT2D eigenvalue weighted by Gasteiger charge is -2.15. The van der Waals surface area contributed by atoms with Crippen LogP contribution in [-0.4, -0.2) is 19.9 Å². The van der Waals surface area contributed by atoms with Crippen LogP contribution in [0.3, 0.4) is 0 Å². The third-order valence-electron chi connectivity index (χ3n) is 10.2. The van der Waals surface area contributed by atoms with E-state index in [0.717, 1.165) is 88.8 Å². The van der Waals surface area contributed by atoms with Crippen molar-refractivity contribution in [3.63, 3.8) is 0 Å². The molecule has 0 atom stereocenters. The molecule has 0 unspecified atom stereocenters. The lowest BCUT2D eigenvalue weighted by Crippen LogP contribution is -2.01. The van der Waals surface area contributed by atoms with Crippen molar-refractivity contribution in [2.45, 2.75) is 0 Å². The number of rotatable bonds is 7. The number of para-hydroxylation sites is 2. The number of fused-ring (bicyclic) bond motifs is 2. The fourth-order valence-corrected chi connectivity index (χ4v) is 7.51. The monoisotopic (exact) mass is 714 g/mol. The van der Waals surface area contributed by atoms with Crippen LogP contribution in [0.2, 0.25) is 0 Å². The predicted molar refractivity (Wildman–Crippen MR) is 231 cm³/mol. The van der Waals surface area contributed by atoms with Gasteiger partial charge in [0.2, 0.25) is 0 Å². The molecule has 10 aromatic rings. The first-order chi connectivity index (χ1) is 27.7. The Labute approximate surface area is 325 Å². The van der Waals surface area contributed by atoms with E-state index in [1.165, 1.54) is 0 Å². The fourth-order valence-electron chi connectivity index (χ4n) is 7.51. The van der Waals surface area contributed by atoms with Crippen molar-refractivity contribution in [2.24, 2.45) is 0 Å². The molecule has 56 heavy (non-hydrogen) atoms. The van der Waals surface area contributed by atoms with Gasteiger partial charge in [0.05, 0.1) is 22.4 Å². The number of benzene rings is 8. The van der Waals surface area contributed by atoms with Crippen LogP contribution in [0.15, 0.2) is 206 Å². The minimum atomic E-state index is 0.472. The summed E-state index contributed by atoms with van der Waals surface area (Å²) in [5.74, 6) is 0.944. The third kappa shape index (κ3) is 6.40. The molecule has 2 heterocycles. The highest BCUT2D eigenvalue weighted by atomic mass is 15.0. The van der Waals surface area contributed by atoms with Crippen molar-refractivity contribution in [3.05, 3.63) is 206 Å². The Hall–Kier alpha value is -7.56.